The van der Waals surface area contributed by atoms with Crippen LogP contribution in [-0.2, 0) is 24.3 Å². The van der Waals surface area contributed by atoms with Gasteiger partial charge in [0, 0.05) is 25.7 Å². The van der Waals surface area contributed by atoms with Crippen LogP contribution in [-0.4, -0.2) is 129 Å². The highest BCUT2D eigenvalue weighted by Gasteiger charge is 2.42. The zero-order valence-corrected chi connectivity index (χ0v) is 35.0. The molecule has 0 aromatic heterocycles. The second-order valence-electron chi connectivity index (χ2n) is 15.9. The van der Waals surface area contributed by atoms with E-state index in [2.05, 4.69) is 13.8 Å². The van der Waals surface area contributed by atoms with Gasteiger partial charge in [-0.25, -0.2) is 19.6 Å². The lowest BCUT2D eigenvalue weighted by Crippen LogP contribution is -2.49. The summed E-state index contributed by atoms with van der Waals surface area (Å²) in [4.78, 5) is 22.9. The molecule has 0 aromatic carbocycles. The fourth-order valence-corrected chi connectivity index (χ4v) is 6.97. The van der Waals surface area contributed by atoms with Crippen molar-refractivity contribution in [3.8, 4) is 0 Å². The Kier molecular flexibility index (Phi) is 37.4. The third-order valence-corrected chi connectivity index (χ3v) is 10.1. The van der Waals surface area contributed by atoms with Gasteiger partial charge >= 0.3 is 0 Å². The summed E-state index contributed by atoms with van der Waals surface area (Å²) in [5, 5.41) is 80.7. The highest BCUT2D eigenvalue weighted by atomic mass is 17.2. The van der Waals surface area contributed by atoms with Gasteiger partial charge in [-0.3, -0.25) is 0 Å². The molecule has 0 bridgehead atoms. The lowest BCUT2D eigenvalue weighted by molar-refractivity contribution is -0.393. The van der Waals surface area contributed by atoms with Crippen LogP contribution in [0.4, 0.5) is 0 Å². The number of hydrogen-bond acceptors (Lipinski definition) is 13. The van der Waals surface area contributed by atoms with E-state index in [0.717, 1.165) is 51.4 Å². The minimum Gasteiger partial charge on any atom is -0.394 e. The van der Waals surface area contributed by atoms with Crippen molar-refractivity contribution in [2.45, 2.75) is 216 Å². The average Bonchev–Trinajstić information content (AvgIpc) is 3.18. The quantitative estimate of drug-likeness (QED) is 0.0203. The van der Waals surface area contributed by atoms with Crippen molar-refractivity contribution < 1.29 is 65.1 Å². The molecule has 13 heteroatoms. The molecule has 0 rings (SSSR count). The van der Waals surface area contributed by atoms with Crippen LogP contribution in [0.5, 0.6) is 0 Å². The van der Waals surface area contributed by atoms with Crippen molar-refractivity contribution in [2.75, 3.05) is 52.9 Å². The van der Waals surface area contributed by atoms with Gasteiger partial charge in [-0.2, -0.15) is 0 Å². The molecular formula is C42H86O13. The molecule has 55 heavy (non-hydrogen) atoms. The van der Waals surface area contributed by atoms with Crippen LogP contribution in [0.25, 0.3) is 0 Å². The number of aliphatic hydroxyl groups is 8. The Bertz CT molecular complexity index is 707. The van der Waals surface area contributed by atoms with Crippen molar-refractivity contribution in [1.82, 2.24) is 0 Å². The predicted molar refractivity (Wildman–Crippen MR) is 214 cm³/mol. The summed E-state index contributed by atoms with van der Waals surface area (Å²) in [6.07, 6.45) is 19.7. The van der Waals surface area contributed by atoms with E-state index >= 15 is 0 Å². The molecule has 0 aliphatic rings. The number of hydrogen-bond donors (Lipinski definition) is 8. The molecule has 332 valence electrons. The summed E-state index contributed by atoms with van der Waals surface area (Å²) < 4.78 is 6.09. The first-order valence-electron chi connectivity index (χ1n) is 22.0. The van der Waals surface area contributed by atoms with Crippen molar-refractivity contribution >= 4 is 0 Å². The molecular weight excluding hydrogens is 712 g/mol. The molecule has 0 fully saturated rings. The standard InChI is InChI=1S/C42H86O13/c1-3-5-7-9-11-13-15-17-19-21-23-25-52-54-41(27-37(47)31-43,28-38(48)32-44)35-51-36-42(29-39(49)33-45,30-40(50)34-46)55-53-26-24-22-20-18-16-14-12-10-8-6-4-2/h37-40,43-50H,3-36H2,1-2H3. The normalized spacial score (nSPS) is 16.5. The Morgan fingerprint density at radius 2 is 0.600 bits per heavy atom. The first kappa shape index (κ1) is 54.5. The van der Waals surface area contributed by atoms with E-state index in [1.165, 1.54) is 89.9 Å². The first-order chi connectivity index (χ1) is 26.6. The van der Waals surface area contributed by atoms with E-state index in [4.69, 9.17) is 24.3 Å². The SMILES string of the molecule is CCCCCCCCCCCCCOOC(COCC(CC(O)CO)(CC(O)CO)OOCCCCCCCCCCCCC)(CC(O)CO)CC(O)CO. The molecule has 0 aliphatic heterocycles. The highest BCUT2D eigenvalue weighted by Crippen LogP contribution is 2.30. The lowest BCUT2D eigenvalue weighted by Gasteiger charge is -2.38. The van der Waals surface area contributed by atoms with Crippen LogP contribution in [0.3, 0.4) is 0 Å². The second kappa shape index (κ2) is 37.7. The van der Waals surface area contributed by atoms with Crippen molar-refractivity contribution in [2.24, 2.45) is 0 Å². The molecule has 13 nitrogen and oxygen atoms in total. The van der Waals surface area contributed by atoms with Gasteiger partial charge in [0.25, 0.3) is 0 Å². The number of ether oxygens (including phenoxy) is 1. The molecule has 4 atom stereocenters. The summed E-state index contributed by atoms with van der Waals surface area (Å²) >= 11 is 0. The van der Waals surface area contributed by atoms with Gasteiger partial charge in [-0.15, -0.1) is 0 Å². The summed E-state index contributed by atoms with van der Waals surface area (Å²) in [6, 6.07) is 0. The van der Waals surface area contributed by atoms with E-state index in [9.17, 15) is 40.9 Å². The number of rotatable bonds is 44. The molecule has 0 saturated carbocycles. The van der Waals surface area contributed by atoms with E-state index in [-0.39, 0.29) is 52.1 Å². The average molecular weight is 799 g/mol. The zero-order valence-electron chi connectivity index (χ0n) is 35.0. The molecule has 0 aliphatic carbocycles. The molecule has 0 radical (unpaired) electrons. The maximum atomic E-state index is 10.5. The van der Waals surface area contributed by atoms with Crippen LogP contribution in [0.1, 0.15) is 181 Å². The van der Waals surface area contributed by atoms with E-state index in [1.807, 2.05) is 0 Å². The van der Waals surface area contributed by atoms with Crippen LogP contribution in [0.2, 0.25) is 0 Å². The largest absolute Gasteiger partial charge is 0.394 e. The predicted octanol–water partition coefficient (Wildman–Crippen LogP) is 5.97. The van der Waals surface area contributed by atoms with Crippen molar-refractivity contribution in [1.29, 1.82) is 0 Å². The van der Waals surface area contributed by atoms with E-state index in [1.54, 1.807) is 0 Å². The Morgan fingerprint density at radius 3 is 0.836 bits per heavy atom. The fraction of sp³-hybridized carbons (Fsp3) is 1.00. The van der Waals surface area contributed by atoms with Crippen LogP contribution >= 0.6 is 0 Å². The molecule has 8 N–H and O–H groups in total. The summed E-state index contributed by atoms with van der Waals surface area (Å²) in [7, 11) is 0. The highest BCUT2D eigenvalue weighted by molar-refractivity contribution is 4.89. The molecule has 0 aromatic rings. The number of aliphatic hydroxyl groups excluding tert-OH is 8. The Hall–Kier alpha value is -0.520. The molecule has 4 unspecified atom stereocenters. The minimum absolute atomic E-state index is 0.208. The second-order valence-corrected chi connectivity index (χ2v) is 15.9. The van der Waals surface area contributed by atoms with E-state index in [0.29, 0.717) is 0 Å². The molecule has 0 spiro atoms. The van der Waals surface area contributed by atoms with Gasteiger partial charge in [0.05, 0.1) is 77.3 Å². The monoisotopic (exact) mass is 799 g/mol. The van der Waals surface area contributed by atoms with Gasteiger partial charge in [0.15, 0.2) is 0 Å². The molecule has 0 amide bonds. The van der Waals surface area contributed by atoms with Crippen LogP contribution in [0, 0.1) is 0 Å². The summed E-state index contributed by atoms with van der Waals surface area (Å²) in [5.74, 6) is 0. The maximum Gasteiger partial charge on any atom is 0.132 e. The zero-order chi connectivity index (χ0) is 40.9. The van der Waals surface area contributed by atoms with Gasteiger partial charge in [-0.1, -0.05) is 142 Å². The van der Waals surface area contributed by atoms with Crippen molar-refractivity contribution in [3.05, 3.63) is 0 Å². The smallest absolute Gasteiger partial charge is 0.132 e. The van der Waals surface area contributed by atoms with Crippen LogP contribution < -0.4 is 0 Å². The van der Waals surface area contributed by atoms with Gasteiger partial charge in [0.2, 0.25) is 0 Å². The third kappa shape index (κ3) is 31.1. The molecule has 0 saturated heterocycles. The topological polar surface area (TPSA) is 208 Å². The summed E-state index contributed by atoms with van der Waals surface area (Å²) in [5.41, 5.74) is -3.04. The Labute approximate surface area is 333 Å². The third-order valence-electron chi connectivity index (χ3n) is 10.1. The fourth-order valence-electron chi connectivity index (χ4n) is 6.97. The van der Waals surface area contributed by atoms with E-state index < -0.39 is 62.0 Å². The minimum atomic E-state index is -1.52. The Balaban J connectivity index is 5.36. The maximum absolute atomic E-state index is 10.5. The van der Waals surface area contributed by atoms with Gasteiger partial charge < -0.3 is 45.6 Å². The van der Waals surface area contributed by atoms with Crippen molar-refractivity contribution in [3.63, 3.8) is 0 Å². The number of unbranched alkanes of at least 4 members (excludes halogenated alkanes) is 20. The Morgan fingerprint density at radius 1 is 0.364 bits per heavy atom. The molecule has 0 heterocycles. The van der Waals surface area contributed by atoms with Gasteiger partial charge in [0.1, 0.15) is 11.2 Å². The first-order valence-corrected chi connectivity index (χ1v) is 22.0. The lowest BCUT2D eigenvalue weighted by atomic mass is 9.89. The summed E-state index contributed by atoms with van der Waals surface area (Å²) in [6.45, 7) is 1.94. The van der Waals surface area contributed by atoms with Crippen LogP contribution in [0.15, 0.2) is 0 Å². The van der Waals surface area contributed by atoms with Gasteiger partial charge in [-0.05, 0) is 12.8 Å².